The van der Waals surface area contributed by atoms with Gasteiger partial charge in [-0.3, -0.25) is 14.4 Å². The minimum absolute atomic E-state index is 0.0513. The number of carbonyl (C=O) groups excluding carboxylic acids is 3. The standard InChI is InChI=1S/C20H30O5/c1-17(2)13-7-10-18(17,3)20(24,12-13)15(22)8-11-19(16(23)25-4)9-5-6-14(19)21/h13,24H,5-12H2,1-4H3/t13-,18-,19-,20+/m1/s1. The first kappa shape index (κ1) is 18.6. The highest BCUT2D eigenvalue weighted by molar-refractivity contribution is 6.05. The van der Waals surface area contributed by atoms with E-state index < -0.39 is 22.4 Å². The number of ketones is 2. The van der Waals surface area contributed by atoms with Crippen LogP contribution >= 0.6 is 0 Å². The molecule has 1 N–H and O–H groups in total. The molecule has 25 heavy (non-hydrogen) atoms. The van der Waals surface area contributed by atoms with Gasteiger partial charge in [0.05, 0.1) is 7.11 Å². The summed E-state index contributed by atoms with van der Waals surface area (Å²) in [4.78, 5) is 37.6. The molecule has 3 aliphatic carbocycles. The highest BCUT2D eigenvalue weighted by Crippen LogP contribution is 2.70. The van der Waals surface area contributed by atoms with Crippen LogP contribution in [0.2, 0.25) is 0 Å². The number of hydrogen-bond donors (Lipinski definition) is 1. The fraction of sp³-hybridized carbons (Fsp3) is 0.850. The highest BCUT2D eigenvalue weighted by atomic mass is 16.5. The van der Waals surface area contributed by atoms with Gasteiger partial charge in [0.1, 0.15) is 16.8 Å². The van der Waals surface area contributed by atoms with Crippen LogP contribution in [0, 0.1) is 22.2 Å². The van der Waals surface area contributed by atoms with Crippen LogP contribution in [0.1, 0.15) is 72.1 Å². The number of Topliss-reactive ketones (excluding diaryl/α,β-unsaturated/α-hetero) is 2. The predicted molar refractivity (Wildman–Crippen MR) is 91.7 cm³/mol. The first-order chi connectivity index (χ1) is 11.5. The molecule has 3 fully saturated rings. The van der Waals surface area contributed by atoms with Gasteiger partial charge in [-0.2, -0.15) is 0 Å². The lowest BCUT2D eigenvalue weighted by molar-refractivity contribution is -0.160. The van der Waals surface area contributed by atoms with Crippen LogP contribution in [0.4, 0.5) is 0 Å². The van der Waals surface area contributed by atoms with Gasteiger partial charge in [-0.05, 0) is 49.9 Å². The second-order valence-electron chi connectivity index (χ2n) is 9.13. The van der Waals surface area contributed by atoms with Crippen molar-refractivity contribution >= 4 is 17.5 Å². The molecule has 0 amide bonds. The normalized spacial score (nSPS) is 42.0. The Morgan fingerprint density at radius 3 is 2.36 bits per heavy atom. The maximum absolute atomic E-state index is 13.1. The van der Waals surface area contributed by atoms with E-state index in [-0.39, 0.29) is 29.8 Å². The molecule has 0 unspecified atom stereocenters. The maximum Gasteiger partial charge on any atom is 0.319 e. The Kier molecular flexibility index (Phi) is 4.18. The van der Waals surface area contributed by atoms with Crippen LogP contribution in [0.5, 0.6) is 0 Å². The number of aliphatic hydroxyl groups is 1. The molecule has 5 nitrogen and oxygen atoms in total. The number of hydrogen-bond acceptors (Lipinski definition) is 5. The number of esters is 1. The average molecular weight is 350 g/mol. The molecule has 0 aromatic heterocycles. The molecule has 3 rings (SSSR count). The molecule has 5 heteroatoms. The first-order valence-corrected chi connectivity index (χ1v) is 9.42. The molecule has 0 spiro atoms. The van der Waals surface area contributed by atoms with Gasteiger partial charge in [0.2, 0.25) is 0 Å². The van der Waals surface area contributed by atoms with Crippen LogP contribution in [-0.4, -0.2) is 35.4 Å². The summed E-state index contributed by atoms with van der Waals surface area (Å²) in [5.74, 6) is -0.532. The molecule has 0 heterocycles. The zero-order valence-corrected chi connectivity index (χ0v) is 15.8. The van der Waals surface area contributed by atoms with Crippen LogP contribution < -0.4 is 0 Å². The quantitative estimate of drug-likeness (QED) is 0.609. The van der Waals surface area contributed by atoms with Gasteiger partial charge in [-0.1, -0.05) is 20.8 Å². The van der Waals surface area contributed by atoms with E-state index in [1.165, 1.54) is 7.11 Å². The summed E-state index contributed by atoms with van der Waals surface area (Å²) in [7, 11) is 1.28. The molecule has 3 saturated carbocycles. The van der Waals surface area contributed by atoms with E-state index in [2.05, 4.69) is 13.8 Å². The van der Waals surface area contributed by atoms with Crippen LogP contribution in [0.3, 0.4) is 0 Å². The zero-order chi connectivity index (χ0) is 18.7. The second kappa shape index (κ2) is 5.63. The fourth-order valence-corrected chi connectivity index (χ4v) is 5.94. The third kappa shape index (κ3) is 2.20. The number of rotatable bonds is 5. The topological polar surface area (TPSA) is 80.7 Å². The zero-order valence-electron chi connectivity index (χ0n) is 15.8. The lowest BCUT2D eigenvalue weighted by Gasteiger charge is -2.44. The Morgan fingerprint density at radius 1 is 1.24 bits per heavy atom. The van der Waals surface area contributed by atoms with E-state index in [0.29, 0.717) is 31.6 Å². The predicted octanol–water partition coefficient (Wildman–Crippen LogP) is 2.83. The van der Waals surface area contributed by atoms with Crippen molar-refractivity contribution < 1.29 is 24.2 Å². The summed E-state index contributed by atoms with van der Waals surface area (Å²) >= 11 is 0. The third-order valence-electron chi connectivity index (χ3n) is 8.25. The molecule has 3 aliphatic rings. The van der Waals surface area contributed by atoms with Gasteiger partial charge in [-0.25, -0.2) is 0 Å². The van der Waals surface area contributed by atoms with Crippen molar-refractivity contribution in [2.45, 2.75) is 77.7 Å². The van der Waals surface area contributed by atoms with E-state index in [1.807, 2.05) is 6.92 Å². The summed E-state index contributed by atoms with van der Waals surface area (Å²) in [6, 6.07) is 0. The van der Waals surface area contributed by atoms with E-state index in [1.54, 1.807) is 0 Å². The van der Waals surface area contributed by atoms with Gasteiger partial charge in [0, 0.05) is 18.3 Å². The summed E-state index contributed by atoms with van der Waals surface area (Å²) in [6.07, 6.45) is 4.04. The van der Waals surface area contributed by atoms with Crippen molar-refractivity contribution in [1.29, 1.82) is 0 Å². The number of carbonyl (C=O) groups is 3. The molecule has 140 valence electrons. The summed E-state index contributed by atoms with van der Waals surface area (Å²) < 4.78 is 4.86. The summed E-state index contributed by atoms with van der Waals surface area (Å²) in [5.41, 5.74) is -3.06. The number of fused-ring (bicyclic) bond motifs is 2. The van der Waals surface area contributed by atoms with E-state index >= 15 is 0 Å². The number of ether oxygens (including phenoxy) is 1. The average Bonchev–Trinajstić information content (AvgIpc) is 3.10. The van der Waals surface area contributed by atoms with Crippen molar-refractivity contribution in [2.24, 2.45) is 22.2 Å². The molecule has 0 radical (unpaired) electrons. The van der Waals surface area contributed by atoms with Crippen molar-refractivity contribution in [3.63, 3.8) is 0 Å². The van der Waals surface area contributed by atoms with Crippen LogP contribution in [-0.2, 0) is 19.1 Å². The lowest BCUT2D eigenvalue weighted by atomic mass is 9.62. The molecular formula is C20H30O5. The molecule has 0 aromatic carbocycles. The van der Waals surface area contributed by atoms with Gasteiger partial charge >= 0.3 is 5.97 Å². The van der Waals surface area contributed by atoms with E-state index in [4.69, 9.17) is 4.74 Å². The number of methoxy groups -OCH3 is 1. The SMILES string of the molecule is COC(=O)[C@@]1(CCC(=O)[C@@]2(O)C[C@H]3CC[C@]2(C)C3(C)C)CCCC1=O. The molecule has 0 saturated heterocycles. The van der Waals surface area contributed by atoms with Crippen molar-refractivity contribution in [3.8, 4) is 0 Å². The minimum atomic E-state index is -1.35. The Morgan fingerprint density at radius 2 is 1.92 bits per heavy atom. The minimum Gasteiger partial charge on any atom is -0.468 e. The summed E-state index contributed by atoms with van der Waals surface area (Å²) in [5, 5.41) is 11.3. The van der Waals surface area contributed by atoms with Crippen LogP contribution in [0.25, 0.3) is 0 Å². The molecule has 4 atom stereocenters. The summed E-state index contributed by atoms with van der Waals surface area (Å²) in [6.45, 7) is 6.31. The van der Waals surface area contributed by atoms with Crippen molar-refractivity contribution in [3.05, 3.63) is 0 Å². The fourth-order valence-electron chi connectivity index (χ4n) is 5.94. The molecule has 0 aliphatic heterocycles. The lowest BCUT2D eigenvalue weighted by Crippen LogP contribution is -2.53. The third-order valence-corrected chi connectivity index (χ3v) is 8.25. The van der Waals surface area contributed by atoms with Crippen LogP contribution in [0.15, 0.2) is 0 Å². The van der Waals surface area contributed by atoms with Crippen molar-refractivity contribution in [2.75, 3.05) is 7.11 Å². The maximum atomic E-state index is 13.1. The van der Waals surface area contributed by atoms with Gasteiger partial charge < -0.3 is 9.84 Å². The smallest absolute Gasteiger partial charge is 0.319 e. The Labute approximate surface area is 149 Å². The van der Waals surface area contributed by atoms with Gasteiger partial charge in [0.15, 0.2) is 5.78 Å². The highest BCUT2D eigenvalue weighted by Gasteiger charge is 2.70. The second-order valence-corrected chi connectivity index (χ2v) is 9.13. The first-order valence-electron chi connectivity index (χ1n) is 9.42. The molecule has 0 aromatic rings. The van der Waals surface area contributed by atoms with E-state index in [0.717, 1.165) is 12.8 Å². The van der Waals surface area contributed by atoms with Crippen molar-refractivity contribution in [1.82, 2.24) is 0 Å². The monoisotopic (exact) mass is 350 g/mol. The Bertz CT molecular complexity index is 624. The van der Waals surface area contributed by atoms with E-state index in [9.17, 15) is 19.5 Å². The largest absolute Gasteiger partial charge is 0.468 e. The van der Waals surface area contributed by atoms with Gasteiger partial charge in [-0.15, -0.1) is 0 Å². The van der Waals surface area contributed by atoms with Gasteiger partial charge in [0.25, 0.3) is 0 Å². The Hall–Kier alpha value is -1.23. The molecular weight excluding hydrogens is 320 g/mol. The molecule has 2 bridgehead atoms. The Balaban J connectivity index is 1.79.